The van der Waals surface area contributed by atoms with E-state index < -0.39 is 0 Å². The van der Waals surface area contributed by atoms with Crippen LogP contribution in [-0.2, 0) is 4.74 Å². The summed E-state index contributed by atoms with van der Waals surface area (Å²) in [5.74, 6) is 0.930. The first-order valence-corrected chi connectivity index (χ1v) is 8.85. The number of nitrogens with one attached hydrogen (secondary N) is 2. The van der Waals surface area contributed by atoms with Gasteiger partial charge in [0.25, 0.3) is 0 Å². The maximum Gasteiger partial charge on any atom is 0.314 e. The van der Waals surface area contributed by atoms with E-state index in [1.165, 1.54) is 5.69 Å². The normalized spacial score (nSPS) is 15.0. The van der Waals surface area contributed by atoms with Gasteiger partial charge in [0, 0.05) is 46.4 Å². The van der Waals surface area contributed by atoms with E-state index in [4.69, 9.17) is 9.47 Å². The van der Waals surface area contributed by atoms with Gasteiger partial charge in [0.05, 0.1) is 19.4 Å². The van der Waals surface area contributed by atoms with Crippen LogP contribution in [0.25, 0.3) is 0 Å². The Kier molecular flexibility index (Phi) is 8.34. The van der Waals surface area contributed by atoms with Gasteiger partial charge in [0.2, 0.25) is 0 Å². The molecule has 2 rings (SSSR count). The van der Waals surface area contributed by atoms with Crippen LogP contribution < -0.4 is 20.3 Å². The summed E-state index contributed by atoms with van der Waals surface area (Å²) in [4.78, 5) is 16.3. The van der Waals surface area contributed by atoms with E-state index in [0.29, 0.717) is 19.7 Å². The monoisotopic (exact) mass is 350 g/mol. The zero-order valence-electron chi connectivity index (χ0n) is 15.3. The molecule has 0 aromatic heterocycles. The van der Waals surface area contributed by atoms with Crippen LogP contribution in [0.5, 0.6) is 5.75 Å². The summed E-state index contributed by atoms with van der Waals surface area (Å²) in [6.07, 6.45) is 0.951. The Balaban J connectivity index is 1.62. The maximum atomic E-state index is 11.5. The van der Waals surface area contributed by atoms with E-state index in [9.17, 15) is 4.79 Å². The largest absolute Gasteiger partial charge is 0.495 e. The number of hydrogen-bond acceptors (Lipinski definition) is 5. The molecular weight excluding hydrogens is 320 g/mol. The SMILES string of the molecule is COCCNC(=O)NCCCN1CCN(c2ccccc2OC)CC1. The number of piperazine rings is 1. The minimum atomic E-state index is -0.127. The van der Waals surface area contributed by atoms with Crippen molar-refractivity contribution in [3.8, 4) is 5.75 Å². The number of anilines is 1. The highest BCUT2D eigenvalue weighted by Crippen LogP contribution is 2.28. The van der Waals surface area contributed by atoms with Gasteiger partial charge in [0.15, 0.2) is 0 Å². The summed E-state index contributed by atoms with van der Waals surface area (Å²) in [5, 5.41) is 5.62. The fraction of sp³-hybridized carbons (Fsp3) is 0.611. The second-order valence-electron chi connectivity index (χ2n) is 6.03. The van der Waals surface area contributed by atoms with Crippen molar-refractivity contribution in [1.29, 1.82) is 0 Å². The lowest BCUT2D eigenvalue weighted by molar-refractivity contribution is 0.195. The molecular formula is C18H30N4O3. The van der Waals surface area contributed by atoms with Crippen molar-refractivity contribution in [2.24, 2.45) is 0 Å². The highest BCUT2D eigenvalue weighted by atomic mass is 16.5. The van der Waals surface area contributed by atoms with Crippen molar-refractivity contribution >= 4 is 11.7 Å². The van der Waals surface area contributed by atoms with Crippen LogP contribution in [0.2, 0.25) is 0 Å². The molecule has 140 valence electrons. The minimum Gasteiger partial charge on any atom is -0.495 e. The van der Waals surface area contributed by atoms with Gasteiger partial charge >= 0.3 is 6.03 Å². The lowest BCUT2D eigenvalue weighted by atomic mass is 10.2. The number of carbonyl (C=O) groups is 1. The number of benzene rings is 1. The number of amides is 2. The first-order valence-electron chi connectivity index (χ1n) is 8.85. The molecule has 7 heteroatoms. The number of carbonyl (C=O) groups excluding carboxylic acids is 1. The van der Waals surface area contributed by atoms with Crippen LogP contribution in [0.1, 0.15) is 6.42 Å². The Morgan fingerprint density at radius 2 is 1.80 bits per heavy atom. The Labute approximate surface area is 150 Å². The molecule has 1 aliphatic rings. The molecule has 1 saturated heterocycles. The zero-order chi connectivity index (χ0) is 17.9. The molecule has 2 N–H and O–H groups in total. The molecule has 0 atom stereocenters. The molecule has 1 aromatic carbocycles. The Bertz CT molecular complexity index is 519. The van der Waals surface area contributed by atoms with Crippen molar-refractivity contribution < 1.29 is 14.3 Å². The van der Waals surface area contributed by atoms with E-state index in [2.05, 4.69) is 26.5 Å². The summed E-state index contributed by atoms with van der Waals surface area (Å²) < 4.78 is 10.3. The first-order chi connectivity index (χ1) is 12.2. The second-order valence-corrected chi connectivity index (χ2v) is 6.03. The van der Waals surface area contributed by atoms with Crippen LogP contribution in [-0.4, -0.2) is 77.6 Å². The van der Waals surface area contributed by atoms with Gasteiger partial charge in [-0.3, -0.25) is 4.90 Å². The molecule has 1 aromatic rings. The van der Waals surface area contributed by atoms with Crippen LogP contribution in [0.3, 0.4) is 0 Å². The predicted octanol–water partition coefficient (Wildman–Crippen LogP) is 1.15. The number of methoxy groups -OCH3 is 2. The van der Waals surface area contributed by atoms with E-state index in [1.807, 2.05) is 18.2 Å². The Hall–Kier alpha value is -1.99. The van der Waals surface area contributed by atoms with E-state index in [1.54, 1.807) is 14.2 Å². The molecule has 25 heavy (non-hydrogen) atoms. The standard InChI is InChI=1S/C18H30N4O3/c1-24-15-9-20-18(23)19-8-5-10-21-11-13-22(14-12-21)16-6-3-4-7-17(16)25-2/h3-4,6-7H,5,8-15H2,1-2H3,(H2,19,20,23). The molecule has 2 amide bonds. The first kappa shape index (κ1) is 19.3. The topological polar surface area (TPSA) is 66.1 Å². The fourth-order valence-corrected chi connectivity index (χ4v) is 2.94. The fourth-order valence-electron chi connectivity index (χ4n) is 2.94. The van der Waals surface area contributed by atoms with Crippen molar-refractivity contribution in [2.45, 2.75) is 6.42 Å². The number of nitrogens with zero attached hydrogens (tertiary/aromatic N) is 2. The van der Waals surface area contributed by atoms with Gasteiger partial charge in [0.1, 0.15) is 5.75 Å². The summed E-state index contributed by atoms with van der Waals surface area (Å²) in [6.45, 7) is 6.79. The summed E-state index contributed by atoms with van der Waals surface area (Å²) in [6, 6.07) is 8.04. The molecule has 0 radical (unpaired) electrons. The van der Waals surface area contributed by atoms with Crippen molar-refractivity contribution in [3.63, 3.8) is 0 Å². The molecule has 1 fully saturated rings. The van der Waals surface area contributed by atoms with Crippen LogP contribution in [0.4, 0.5) is 10.5 Å². The number of hydrogen-bond donors (Lipinski definition) is 2. The molecule has 0 aliphatic carbocycles. The number of rotatable bonds is 9. The Morgan fingerprint density at radius 1 is 1.08 bits per heavy atom. The van der Waals surface area contributed by atoms with Gasteiger partial charge in [-0.1, -0.05) is 12.1 Å². The smallest absolute Gasteiger partial charge is 0.314 e. The van der Waals surface area contributed by atoms with Gasteiger partial charge in [-0.05, 0) is 25.1 Å². The average molecular weight is 350 g/mol. The van der Waals surface area contributed by atoms with Gasteiger partial charge in [-0.15, -0.1) is 0 Å². The van der Waals surface area contributed by atoms with Gasteiger partial charge < -0.3 is 25.0 Å². The van der Waals surface area contributed by atoms with Crippen molar-refractivity contribution in [3.05, 3.63) is 24.3 Å². The highest BCUT2D eigenvalue weighted by molar-refractivity contribution is 5.73. The third-order valence-electron chi connectivity index (χ3n) is 4.33. The molecule has 1 aliphatic heterocycles. The molecule has 0 spiro atoms. The zero-order valence-corrected chi connectivity index (χ0v) is 15.3. The van der Waals surface area contributed by atoms with Crippen LogP contribution in [0.15, 0.2) is 24.3 Å². The van der Waals surface area contributed by atoms with E-state index in [-0.39, 0.29) is 6.03 Å². The Morgan fingerprint density at radius 3 is 2.52 bits per heavy atom. The average Bonchev–Trinajstić information content (AvgIpc) is 2.66. The lowest BCUT2D eigenvalue weighted by Gasteiger charge is -2.36. The van der Waals surface area contributed by atoms with E-state index >= 15 is 0 Å². The van der Waals surface area contributed by atoms with Crippen LogP contribution in [0, 0.1) is 0 Å². The number of urea groups is 1. The molecule has 1 heterocycles. The van der Waals surface area contributed by atoms with Gasteiger partial charge in [-0.2, -0.15) is 0 Å². The second kappa shape index (κ2) is 10.8. The highest BCUT2D eigenvalue weighted by Gasteiger charge is 2.19. The maximum absolute atomic E-state index is 11.5. The summed E-state index contributed by atoms with van der Waals surface area (Å²) in [7, 11) is 3.33. The molecule has 7 nitrogen and oxygen atoms in total. The summed E-state index contributed by atoms with van der Waals surface area (Å²) in [5.41, 5.74) is 1.17. The quantitative estimate of drug-likeness (QED) is 0.654. The summed E-state index contributed by atoms with van der Waals surface area (Å²) >= 11 is 0. The number of ether oxygens (including phenoxy) is 2. The number of para-hydroxylation sites is 2. The third-order valence-corrected chi connectivity index (χ3v) is 4.33. The third kappa shape index (κ3) is 6.43. The van der Waals surface area contributed by atoms with Crippen molar-refractivity contribution in [2.75, 3.05) is 71.5 Å². The molecule has 0 saturated carbocycles. The minimum absolute atomic E-state index is 0.127. The predicted molar refractivity (Wildman–Crippen MR) is 99.5 cm³/mol. The lowest BCUT2D eigenvalue weighted by Crippen LogP contribution is -2.47. The van der Waals surface area contributed by atoms with Crippen molar-refractivity contribution in [1.82, 2.24) is 15.5 Å². The molecule has 0 unspecified atom stereocenters. The van der Waals surface area contributed by atoms with Crippen LogP contribution >= 0.6 is 0 Å². The van der Waals surface area contributed by atoms with E-state index in [0.717, 1.165) is 44.9 Å². The molecule has 0 bridgehead atoms. The van der Waals surface area contributed by atoms with Gasteiger partial charge in [-0.25, -0.2) is 4.79 Å².